The van der Waals surface area contributed by atoms with E-state index in [9.17, 15) is 26.3 Å². The van der Waals surface area contributed by atoms with Gasteiger partial charge in [-0.1, -0.05) is 0 Å². The van der Waals surface area contributed by atoms with Crippen molar-refractivity contribution < 1.29 is 26.3 Å². The summed E-state index contributed by atoms with van der Waals surface area (Å²) in [5, 5.41) is 2.64. The minimum absolute atomic E-state index is 0.0928. The molecule has 0 saturated carbocycles. The zero-order chi connectivity index (χ0) is 15.0. The molecule has 1 aromatic carbocycles. The summed E-state index contributed by atoms with van der Waals surface area (Å²) in [4.78, 5) is 1.08. The second-order valence-electron chi connectivity index (χ2n) is 4.50. The molecule has 0 amide bonds. The molecular weight excluding hydrogens is 286 g/mol. The fourth-order valence-corrected chi connectivity index (χ4v) is 2.15. The molecule has 0 aliphatic carbocycles. The molecule has 0 aromatic heterocycles. The first-order valence-electron chi connectivity index (χ1n) is 5.91. The monoisotopic (exact) mass is 298 g/mol. The lowest BCUT2D eigenvalue weighted by Gasteiger charge is -2.38. The summed E-state index contributed by atoms with van der Waals surface area (Å²) in [6.45, 7) is 0.174. The van der Waals surface area contributed by atoms with Crippen LogP contribution in [0.4, 0.5) is 32.0 Å². The number of hydrogen-bond acceptors (Lipinski definition) is 2. The number of nitrogens with zero attached hydrogens (tertiary/aromatic N) is 1. The van der Waals surface area contributed by atoms with Gasteiger partial charge in [-0.3, -0.25) is 0 Å². The van der Waals surface area contributed by atoms with Gasteiger partial charge in [0.2, 0.25) is 0 Å². The molecule has 1 saturated heterocycles. The molecule has 1 heterocycles. The molecule has 1 aliphatic heterocycles. The largest absolute Gasteiger partial charge is 0.416 e. The van der Waals surface area contributed by atoms with Crippen LogP contribution in [-0.4, -0.2) is 31.9 Å². The van der Waals surface area contributed by atoms with Crippen LogP contribution in [0.5, 0.6) is 0 Å². The second-order valence-corrected chi connectivity index (χ2v) is 4.50. The number of hydrogen-bond donors (Lipinski definition) is 1. The minimum Gasteiger partial charge on any atom is -0.357 e. The summed E-state index contributed by atoms with van der Waals surface area (Å²) >= 11 is 0. The molecule has 2 rings (SSSR count). The molecule has 1 aromatic rings. The zero-order valence-corrected chi connectivity index (χ0v) is 10.2. The van der Waals surface area contributed by atoms with Crippen LogP contribution in [0.25, 0.3) is 0 Å². The first-order chi connectivity index (χ1) is 9.19. The van der Waals surface area contributed by atoms with Gasteiger partial charge < -0.3 is 10.2 Å². The molecule has 0 spiro atoms. The number of halogens is 6. The highest BCUT2D eigenvalue weighted by atomic mass is 19.4. The van der Waals surface area contributed by atoms with Crippen molar-refractivity contribution in [1.29, 1.82) is 0 Å². The number of anilines is 1. The van der Waals surface area contributed by atoms with Gasteiger partial charge in [0.15, 0.2) is 0 Å². The van der Waals surface area contributed by atoms with E-state index >= 15 is 0 Å². The van der Waals surface area contributed by atoms with Crippen molar-refractivity contribution in [2.24, 2.45) is 0 Å². The van der Waals surface area contributed by atoms with Crippen molar-refractivity contribution >= 4 is 5.69 Å². The summed E-state index contributed by atoms with van der Waals surface area (Å²) in [5.41, 5.74) is -0.734. The summed E-state index contributed by atoms with van der Waals surface area (Å²) in [6, 6.07) is 2.02. The fourth-order valence-electron chi connectivity index (χ4n) is 2.15. The van der Waals surface area contributed by atoms with E-state index in [0.717, 1.165) is 29.2 Å². The van der Waals surface area contributed by atoms with E-state index in [4.69, 9.17) is 0 Å². The Morgan fingerprint density at radius 3 is 2.10 bits per heavy atom. The number of alkyl halides is 6. The van der Waals surface area contributed by atoms with E-state index in [0.29, 0.717) is 6.54 Å². The maximum Gasteiger partial charge on any atom is 0.416 e. The highest BCUT2D eigenvalue weighted by Crippen LogP contribution is 2.33. The van der Waals surface area contributed by atoms with E-state index in [2.05, 4.69) is 5.32 Å². The predicted molar refractivity (Wildman–Crippen MR) is 61.5 cm³/mol. The third-order valence-electron chi connectivity index (χ3n) is 3.15. The standard InChI is InChI=1S/C12H12F6N2/c13-11(14,15)8-1-3-9(4-2-8)20-6-5-19-7-10(20)12(16,17)18/h1-4,10,19H,5-7H2. The molecule has 2 nitrogen and oxygen atoms in total. The number of benzene rings is 1. The second kappa shape index (κ2) is 5.16. The van der Waals surface area contributed by atoms with E-state index < -0.39 is 24.0 Å². The topological polar surface area (TPSA) is 15.3 Å². The van der Waals surface area contributed by atoms with Crippen LogP contribution in [0.15, 0.2) is 24.3 Å². The van der Waals surface area contributed by atoms with Crippen LogP contribution in [0.3, 0.4) is 0 Å². The minimum atomic E-state index is -4.49. The Balaban J connectivity index is 2.25. The molecule has 1 N–H and O–H groups in total. The Bertz CT molecular complexity index is 451. The first kappa shape index (κ1) is 15.0. The lowest BCUT2D eigenvalue weighted by molar-refractivity contribution is -0.149. The summed E-state index contributed by atoms with van der Waals surface area (Å²) in [7, 11) is 0. The molecule has 112 valence electrons. The van der Waals surface area contributed by atoms with E-state index in [1.165, 1.54) is 0 Å². The quantitative estimate of drug-likeness (QED) is 0.802. The third kappa shape index (κ3) is 3.17. The van der Waals surface area contributed by atoms with Crippen LogP contribution in [-0.2, 0) is 6.18 Å². The van der Waals surface area contributed by atoms with Gasteiger partial charge in [-0.15, -0.1) is 0 Å². The van der Waals surface area contributed by atoms with Gasteiger partial charge in [-0.2, -0.15) is 26.3 Å². The summed E-state index contributed by atoms with van der Waals surface area (Å²) in [6.07, 6.45) is -8.93. The Hall–Kier alpha value is -1.44. The molecule has 0 radical (unpaired) electrons. The molecule has 20 heavy (non-hydrogen) atoms. The predicted octanol–water partition coefficient (Wildman–Crippen LogP) is 3.05. The smallest absolute Gasteiger partial charge is 0.357 e. The highest BCUT2D eigenvalue weighted by molar-refractivity contribution is 5.50. The third-order valence-corrected chi connectivity index (χ3v) is 3.15. The molecule has 8 heteroatoms. The SMILES string of the molecule is FC(F)(F)c1ccc(N2CCNCC2C(F)(F)F)cc1. The van der Waals surface area contributed by atoms with E-state index in [1.807, 2.05) is 0 Å². The van der Waals surface area contributed by atoms with Crippen LogP contribution in [0, 0.1) is 0 Å². The van der Waals surface area contributed by atoms with Gasteiger partial charge in [-0.05, 0) is 24.3 Å². The highest BCUT2D eigenvalue weighted by Gasteiger charge is 2.44. The number of nitrogens with one attached hydrogen (secondary N) is 1. The van der Waals surface area contributed by atoms with Crippen molar-refractivity contribution in [2.75, 3.05) is 24.5 Å². The molecule has 1 fully saturated rings. The van der Waals surface area contributed by atoms with Crippen molar-refractivity contribution in [3.8, 4) is 0 Å². The molecule has 0 bridgehead atoms. The van der Waals surface area contributed by atoms with Gasteiger partial charge in [0, 0.05) is 25.3 Å². The Morgan fingerprint density at radius 1 is 1.00 bits per heavy atom. The summed E-state index contributed by atoms with van der Waals surface area (Å²) < 4.78 is 75.9. The van der Waals surface area contributed by atoms with Crippen molar-refractivity contribution in [2.45, 2.75) is 18.4 Å². The van der Waals surface area contributed by atoms with Crippen molar-refractivity contribution in [3.05, 3.63) is 29.8 Å². The van der Waals surface area contributed by atoms with Crippen LogP contribution < -0.4 is 10.2 Å². The molecular formula is C12H12F6N2. The normalized spacial score (nSPS) is 21.1. The van der Waals surface area contributed by atoms with Gasteiger partial charge in [-0.25, -0.2) is 0 Å². The van der Waals surface area contributed by atoms with Gasteiger partial charge >= 0.3 is 12.4 Å². The van der Waals surface area contributed by atoms with Gasteiger partial charge in [0.05, 0.1) is 5.56 Å². The molecule has 1 atom stereocenters. The average molecular weight is 298 g/mol. The van der Waals surface area contributed by atoms with Crippen molar-refractivity contribution in [3.63, 3.8) is 0 Å². The fraction of sp³-hybridized carbons (Fsp3) is 0.500. The maximum atomic E-state index is 12.9. The van der Waals surface area contributed by atoms with Crippen LogP contribution >= 0.6 is 0 Å². The Morgan fingerprint density at radius 2 is 1.60 bits per heavy atom. The first-order valence-corrected chi connectivity index (χ1v) is 5.91. The van der Waals surface area contributed by atoms with Crippen LogP contribution in [0.1, 0.15) is 5.56 Å². The number of piperazine rings is 1. The van der Waals surface area contributed by atoms with Gasteiger partial charge in [0.1, 0.15) is 6.04 Å². The molecule has 1 unspecified atom stereocenters. The average Bonchev–Trinajstić information content (AvgIpc) is 2.37. The van der Waals surface area contributed by atoms with E-state index in [-0.39, 0.29) is 18.8 Å². The Labute approximate surface area is 111 Å². The van der Waals surface area contributed by atoms with Crippen molar-refractivity contribution in [1.82, 2.24) is 5.32 Å². The van der Waals surface area contributed by atoms with E-state index in [1.54, 1.807) is 0 Å². The molecule has 1 aliphatic rings. The van der Waals surface area contributed by atoms with Crippen LogP contribution in [0.2, 0.25) is 0 Å². The lowest BCUT2D eigenvalue weighted by atomic mass is 10.1. The maximum absolute atomic E-state index is 12.9. The summed E-state index contributed by atoms with van der Waals surface area (Å²) in [5.74, 6) is 0. The zero-order valence-electron chi connectivity index (χ0n) is 10.2. The lowest BCUT2D eigenvalue weighted by Crippen LogP contribution is -2.58. The number of rotatable bonds is 1. The Kier molecular flexibility index (Phi) is 3.86. The van der Waals surface area contributed by atoms with Gasteiger partial charge in [0.25, 0.3) is 0 Å².